The Morgan fingerprint density at radius 1 is 0.388 bits per heavy atom. The summed E-state index contributed by atoms with van der Waals surface area (Å²) >= 11 is 0. The van der Waals surface area contributed by atoms with Gasteiger partial charge in [0.15, 0.2) is 61.2 Å². The van der Waals surface area contributed by atoms with Crippen molar-refractivity contribution in [2.45, 2.75) is 24.7 Å². The minimum atomic E-state index is -5.34. The van der Waals surface area contributed by atoms with E-state index < -0.39 is 106 Å². The SMILES string of the molecule is FC(F)(F)COc1c(OCC(F)(F)F)c(OCC(F)(F)F)c2c3nc4nc(nc5[nH]c(nc6nc(nc([nH]3)c2c1OCC(F)(F)F)-c1ccccc1-6)c1ccccc51)-c1ccccc1-4.O[SiH2]O. The Bertz CT molecular complexity index is 2990. The number of rotatable bonds is 8. The molecular weight excluding hydrogens is 945 g/mol. The molecule has 0 fully saturated rings. The number of alkyl halides is 12. The molecule has 5 heterocycles. The third kappa shape index (κ3) is 9.97. The number of aromatic amines is 2. The van der Waals surface area contributed by atoms with Gasteiger partial charge in [0.25, 0.3) is 10.0 Å². The number of ether oxygens (including phenoxy) is 4. The molecule has 0 radical (unpaired) electrons. The molecule has 8 bridgehead atoms. The third-order valence-electron chi connectivity index (χ3n) is 9.34. The monoisotopic (exact) mass is 970 g/mol. The molecular formula is C40H26F12N8O6Si. The lowest BCUT2D eigenvalue weighted by molar-refractivity contribution is -0.162. The summed E-state index contributed by atoms with van der Waals surface area (Å²) in [5, 5.41) is -0.618. The summed E-state index contributed by atoms with van der Waals surface area (Å²) in [6.45, 7) is -9.48. The van der Waals surface area contributed by atoms with Crippen molar-refractivity contribution >= 4 is 54.1 Å². The molecule has 2 aliphatic heterocycles. The Balaban J connectivity index is 0.00000198. The van der Waals surface area contributed by atoms with Crippen LogP contribution in [-0.4, -0.2) is 111 Å². The maximum atomic E-state index is 13.9. The van der Waals surface area contributed by atoms with Crippen molar-refractivity contribution in [1.82, 2.24) is 39.9 Å². The fourth-order valence-corrected chi connectivity index (χ4v) is 6.94. The number of aromatic nitrogens is 8. The van der Waals surface area contributed by atoms with Crippen molar-refractivity contribution in [3.8, 4) is 68.5 Å². The lowest BCUT2D eigenvalue weighted by Gasteiger charge is -2.23. The van der Waals surface area contributed by atoms with E-state index in [1.54, 1.807) is 60.7 Å². The summed E-state index contributed by atoms with van der Waals surface area (Å²) in [6.07, 6.45) is -21.2. The fraction of sp³-hybridized carbons (Fsp3) is 0.200. The number of nitrogens with one attached hydrogen (secondary N) is 2. The molecule has 27 heteroatoms. The molecule has 7 aromatic rings. The van der Waals surface area contributed by atoms with E-state index >= 15 is 0 Å². The van der Waals surface area contributed by atoms with Crippen molar-refractivity contribution in [3.63, 3.8) is 0 Å². The van der Waals surface area contributed by atoms with E-state index in [2.05, 4.69) is 29.9 Å². The number of nitrogens with zero attached hydrogens (tertiary/aromatic N) is 6. The van der Waals surface area contributed by atoms with Gasteiger partial charge < -0.3 is 38.5 Å². The molecule has 0 spiro atoms. The smallest absolute Gasteiger partial charge is 0.422 e. The number of hydrogen-bond donors (Lipinski definition) is 4. The predicted octanol–water partition coefficient (Wildman–Crippen LogP) is 8.60. The Kier molecular flexibility index (Phi) is 12.1. The summed E-state index contributed by atoms with van der Waals surface area (Å²) < 4.78 is 186. The normalized spacial score (nSPS) is 12.6. The molecule has 2 aliphatic rings. The molecule has 0 amide bonds. The molecule has 0 atom stereocenters. The van der Waals surface area contributed by atoms with E-state index in [-0.39, 0.29) is 45.7 Å². The van der Waals surface area contributed by atoms with Crippen LogP contribution in [0.5, 0.6) is 23.0 Å². The van der Waals surface area contributed by atoms with Gasteiger partial charge in [0.05, 0.1) is 10.8 Å². The first kappa shape index (κ1) is 46.3. The van der Waals surface area contributed by atoms with Crippen molar-refractivity contribution in [1.29, 1.82) is 0 Å². The number of H-pyrrole nitrogens is 2. The minimum Gasteiger partial charge on any atom is -0.479 e. The lowest BCUT2D eigenvalue weighted by Crippen LogP contribution is -2.24. The average molecular weight is 971 g/mol. The zero-order valence-electron chi connectivity index (χ0n) is 33.2. The van der Waals surface area contributed by atoms with Crippen LogP contribution in [0.2, 0.25) is 0 Å². The van der Waals surface area contributed by atoms with Crippen LogP contribution in [0.3, 0.4) is 0 Å². The first-order valence-corrected chi connectivity index (χ1v) is 20.2. The van der Waals surface area contributed by atoms with Crippen LogP contribution in [0.1, 0.15) is 0 Å². The van der Waals surface area contributed by atoms with Crippen LogP contribution in [0.25, 0.3) is 89.7 Å². The van der Waals surface area contributed by atoms with Crippen LogP contribution < -0.4 is 18.9 Å². The van der Waals surface area contributed by atoms with Gasteiger partial charge in [-0.2, -0.15) is 52.7 Å². The lowest BCUT2D eigenvalue weighted by atomic mass is 10.1. The van der Waals surface area contributed by atoms with E-state index in [0.717, 1.165) is 0 Å². The highest BCUT2D eigenvalue weighted by Gasteiger charge is 2.40. The van der Waals surface area contributed by atoms with Crippen molar-refractivity contribution in [2.75, 3.05) is 26.4 Å². The number of benzene rings is 4. The van der Waals surface area contributed by atoms with E-state index in [4.69, 9.17) is 38.5 Å². The molecule has 9 rings (SSSR count). The Hall–Kier alpha value is -7.26. The molecule has 0 unspecified atom stereocenters. The highest BCUT2D eigenvalue weighted by molar-refractivity contribution is 6.15. The molecule has 350 valence electrons. The summed E-state index contributed by atoms with van der Waals surface area (Å²) in [4.78, 5) is 47.9. The van der Waals surface area contributed by atoms with Crippen LogP contribution in [-0.2, 0) is 0 Å². The van der Waals surface area contributed by atoms with Crippen LogP contribution in [0.4, 0.5) is 52.7 Å². The van der Waals surface area contributed by atoms with Gasteiger partial charge in [-0.1, -0.05) is 72.8 Å². The number of hydrogen-bond acceptors (Lipinski definition) is 12. The molecule has 0 saturated carbocycles. The third-order valence-corrected chi connectivity index (χ3v) is 9.34. The quantitative estimate of drug-likeness (QED) is 0.0841. The highest BCUT2D eigenvalue weighted by Crippen LogP contribution is 2.55. The van der Waals surface area contributed by atoms with Gasteiger partial charge in [-0.3, -0.25) is 0 Å². The van der Waals surface area contributed by atoms with Crippen LogP contribution in [0.15, 0.2) is 72.8 Å². The minimum absolute atomic E-state index is 0.0136. The van der Waals surface area contributed by atoms with Gasteiger partial charge in [-0.05, 0) is 0 Å². The second-order valence-corrected chi connectivity index (χ2v) is 14.4. The Labute approximate surface area is 367 Å². The van der Waals surface area contributed by atoms with Crippen LogP contribution >= 0.6 is 0 Å². The van der Waals surface area contributed by atoms with Crippen molar-refractivity contribution in [2.24, 2.45) is 0 Å². The topological polar surface area (TPSA) is 186 Å². The van der Waals surface area contributed by atoms with Gasteiger partial charge >= 0.3 is 24.7 Å². The van der Waals surface area contributed by atoms with E-state index in [9.17, 15) is 52.7 Å². The zero-order chi connectivity index (χ0) is 48.1. The van der Waals surface area contributed by atoms with E-state index in [1.807, 2.05) is 0 Å². The Morgan fingerprint density at radius 3 is 0.940 bits per heavy atom. The molecule has 14 nitrogen and oxygen atoms in total. The van der Waals surface area contributed by atoms with Crippen molar-refractivity contribution in [3.05, 3.63) is 72.8 Å². The number of halogens is 12. The fourth-order valence-electron chi connectivity index (χ4n) is 6.94. The van der Waals surface area contributed by atoms with Gasteiger partial charge in [0.1, 0.15) is 22.6 Å². The highest BCUT2D eigenvalue weighted by atomic mass is 28.2. The standard InChI is InChI=1S/C40H22F12N8O4.H4O2Si/c41-37(42,43)13-61-25-23-24(26(62-14-38(44,45)46)28(64-16-40(50,51)52)27(25)63-15-39(47,48)49)36-59-34-22-12-6-4-10-20(22)32(57-34)55-30-18-8-2-1-7-17(18)29(53-30)54-31-19-9-3-5-11-21(19)33(56-31)58-35(23)60-36;1-3-2/h1-12H,13-16H2,(H2,53,54,55,56,57,58,59,60);1-2H,3H2. The van der Waals surface area contributed by atoms with Gasteiger partial charge in [-0.15, -0.1) is 0 Å². The first-order chi connectivity index (χ1) is 31.6. The second kappa shape index (κ2) is 17.5. The molecule has 3 aromatic heterocycles. The largest absolute Gasteiger partial charge is 0.479 e. The van der Waals surface area contributed by atoms with Crippen LogP contribution in [0, 0.1) is 0 Å². The summed E-state index contributed by atoms with van der Waals surface area (Å²) in [5.74, 6) is -6.58. The summed E-state index contributed by atoms with van der Waals surface area (Å²) in [6, 6.07) is 19.6. The summed E-state index contributed by atoms with van der Waals surface area (Å²) in [7, 11) is -1.58. The Morgan fingerprint density at radius 2 is 0.642 bits per heavy atom. The number of fused-ring (bicyclic) bond motifs is 20. The maximum Gasteiger partial charge on any atom is 0.422 e. The maximum absolute atomic E-state index is 13.9. The molecule has 67 heavy (non-hydrogen) atoms. The molecule has 0 saturated heterocycles. The second-order valence-electron chi connectivity index (χ2n) is 14.1. The van der Waals surface area contributed by atoms with E-state index in [0.29, 0.717) is 21.9 Å². The molecule has 4 N–H and O–H groups in total. The van der Waals surface area contributed by atoms with Gasteiger partial charge in [0.2, 0.25) is 11.5 Å². The first-order valence-electron chi connectivity index (χ1n) is 19.0. The predicted molar refractivity (Wildman–Crippen MR) is 215 cm³/mol. The van der Waals surface area contributed by atoms with Gasteiger partial charge in [0, 0.05) is 33.0 Å². The molecule has 0 aliphatic carbocycles. The van der Waals surface area contributed by atoms with Gasteiger partial charge in [-0.25, -0.2) is 29.9 Å². The molecule has 4 aromatic carbocycles. The summed E-state index contributed by atoms with van der Waals surface area (Å²) in [5.41, 5.74) is 0.270. The van der Waals surface area contributed by atoms with E-state index in [1.165, 1.54) is 12.1 Å². The zero-order valence-corrected chi connectivity index (χ0v) is 34.6. The average Bonchev–Trinajstić information content (AvgIpc) is 3.98. The van der Waals surface area contributed by atoms with Crippen molar-refractivity contribution < 1.29 is 81.2 Å².